The van der Waals surface area contributed by atoms with Gasteiger partial charge in [0, 0.05) is 7.05 Å². The van der Waals surface area contributed by atoms with Crippen molar-refractivity contribution in [3.63, 3.8) is 0 Å². The Labute approximate surface area is 58.5 Å². The molecule has 1 aliphatic heterocycles. The number of hydroxylamine groups is 2. The van der Waals surface area contributed by atoms with Crippen LogP contribution in [0, 0.1) is 0 Å². The zero-order valence-corrected chi connectivity index (χ0v) is 5.70. The molecule has 0 aromatic rings. The Kier molecular flexibility index (Phi) is 2.08. The van der Waals surface area contributed by atoms with Crippen LogP contribution in [0.5, 0.6) is 0 Å². The lowest BCUT2D eigenvalue weighted by molar-refractivity contribution is -0.0672. The smallest absolute Gasteiger partial charge is 0.341 e. The van der Waals surface area contributed by atoms with E-state index in [1.165, 1.54) is 7.05 Å². The second-order valence-corrected chi connectivity index (χ2v) is 2.07. The summed E-state index contributed by atoms with van der Waals surface area (Å²) in [5.74, 6) is 0. The third-order valence-corrected chi connectivity index (χ3v) is 1.24. The maximum Gasteiger partial charge on any atom is 0.341 e. The maximum absolute atomic E-state index is 10.7. The van der Waals surface area contributed by atoms with E-state index in [1.807, 2.05) is 0 Å². The molecule has 0 aliphatic carbocycles. The molecule has 2 amide bonds. The number of nitrogens with zero attached hydrogens (tertiary/aromatic N) is 1. The van der Waals surface area contributed by atoms with Gasteiger partial charge in [-0.2, -0.15) is 0 Å². The highest BCUT2D eigenvalue weighted by Crippen LogP contribution is 2.04. The molecule has 0 radical (unpaired) electrons. The molecule has 1 atom stereocenters. The number of urea groups is 1. The molecule has 1 heterocycles. The van der Waals surface area contributed by atoms with Crippen LogP contribution in [0.4, 0.5) is 4.79 Å². The van der Waals surface area contributed by atoms with Crippen molar-refractivity contribution in [1.82, 2.24) is 10.4 Å². The fourth-order valence-corrected chi connectivity index (χ4v) is 0.739. The van der Waals surface area contributed by atoms with Crippen LogP contribution in [0.25, 0.3) is 0 Å². The first kappa shape index (κ1) is 7.30. The van der Waals surface area contributed by atoms with E-state index in [2.05, 4.69) is 5.32 Å². The first-order chi connectivity index (χ1) is 4.74. The lowest BCUT2D eigenvalue weighted by Gasteiger charge is -2.11. The van der Waals surface area contributed by atoms with Crippen LogP contribution in [-0.4, -0.2) is 42.5 Å². The van der Waals surface area contributed by atoms with Gasteiger partial charge in [0.25, 0.3) is 0 Å². The minimum absolute atomic E-state index is 0.202. The molecule has 0 unspecified atom stereocenters. The Morgan fingerprint density at radius 1 is 1.90 bits per heavy atom. The molecule has 0 aromatic carbocycles. The molecule has 0 bridgehead atoms. The van der Waals surface area contributed by atoms with Gasteiger partial charge in [0.05, 0.1) is 6.54 Å². The number of hydrogen-bond acceptors (Lipinski definition) is 3. The number of hydrogen-bond donors (Lipinski definition) is 2. The van der Waals surface area contributed by atoms with Gasteiger partial charge < -0.3 is 10.4 Å². The van der Waals surface area contributed by atoms with Gasteiger partial charge in [-0.1, -0.05) is 0 Å². The molecule has 58 valence electrons. The van der Waals surface area contributed by atoms with Gasteiger partial charge >= 0.3 is 6.03 Å². The van der Waals surface area contributed by atoms with Gasteiger partial charge in [-0.05, 0) is 0 Å². The quantitative estimate of drug-likeness (QED) is 0.457. The van der Waals surface area contributed by atoms with Crippen LogP contribution in [0.15, 0.2) is 0 Å². The summed E-state index contributed by atoms with van der Waals surface area (Å²) in [6.07, 6.45) is -0.544. The summed E-state index contributed by atoms with van der Waals surface area (Å²) in [7, 11) is 1.51. The van der Waals surface area contributed by atoms with Gasteiger partial charge in [-0.3, -0.25) is 4.84 Å². The minimum atomic E-state index is -0.544. The van der Waals surface area contributed by atoms with E-state index >= 15 is 0 Å². The molecule has 5 heteroatoms. The molecule has 5 nitrogen and oxygen atoms in total. The van der Waals surface area contributed by atoms with Gasteiger partial charge in [0.2, 0.25) is 0 Å². The number of β-amino-alcohol motifs (C(OH)–C–C–N with tert-alkyl or cyclic N) is 1. The van der Waals surface area contributed by atoms with Gasteiger partial charge in [0.15, 0.2) is 0 Å². The standard InChI is InChI=1S/C5H10N2O3/c1-6-5(9)7-2-4(8)3-10-7/h4,8H,2-3H2,1H3,(H,6,9)/t4-/m1/s1. The second-order valence-electron chi connectivity index (χ2n) is 2.07. The highest BCUT2D eigenvalue weighted by atomic mass is 16.7. The molecular weight excluding hydrogens is 136 g/mol. The highest BCUT2D eigenvalue weighted by Gasteiger charge is 2.24. The van der Waals surface area contributed by atoms with Crippen molar-refractivity contribution in [3.8, 4) is 0 Å². The Morgan fingerprint density at radius 2 is 2.60 bits per heavy atom. The third kappa shape index (κ3) is 1.37. The van der Waals surface area contributed by atoms with Crippen molar-refractivity contribution in [2.45, 2.75) is 6.10 Å². The Bertz CT molecular complexity index is 139. The summed E-state index contributed by atoms with van der Waals surface area (Å²) < 4.78 is 0. The summed E-state index contributed by atoms with van der Waals surface area (Å²) in [5, 5.41) is 12.4. The molecular formula is C5H10N2O3. The highest BCUT2D eigenvalue weighted by molar-refractivity contribution is 5.72. The van der Waals surface area contributed by atoms with E-state index in [9.17, 15) is 4.79 Å². The Morgan fingerprint density at radius 3 is 3.00 bits per heavy atom. The van der Waals surface area contributed by atoms with Gasteiger partial charge in [-0.15, -0.1) is 0 Å². The van der Waals surface area contributed by atoms with Crippen LogP contribution >= 0.6 is 0 Å². The fraction of sp³-hybridized carbons (Fsp3) is 0.800. The Balaban J connectivity index is 2.37. The SMILES string of the molecule is CNC(=O)N1C[C@@H](O)CO1. The van der Waals surface area contributed by atoms with Crippen LogP contribution in [0.2, 0.25) is 0 Å². The first-order valence-electron chi connectivity index (χ1n) is 3.04. The average Bonchev–Trinajstić information content (AvgIpc) is 2.34. The predicted octanol–water partition coefficient (Wildman–Crippen LogP) is -1.07. The van der Waals surface area contributed by atoms with Crippen LogP contribution in [0.1, 0.15) is 0 Å². The lowest BCUT2D eigenvalue weighted by atomic mass is 10.4. The summed E-state index contributed by atoms with van der Waals surface area (Å²) in [5.41, 5.74) is 0. The predicted molar refractivity (Wildman–Crippen MR) is 33.1 cm³/mol. The zero-order valence-electron chi connectivity index (χ0n) is 5.70. The fourth-order valence-electron chi connectivity index (χ4n) is 0.739. The van der Waals surface area contributed by atoms with E-state index in [0.717, 1.165) is 5.06 Å². The molecule has 1 rings (SSSR count). The topological polar surface area (TPSA) is 61.8 Å². The Hall–Kier alpha value is -0.810. The number of carbonyl (C=O) groups is 1. The molecule has 1 aliphatic rings. The van der Waals surface area contributed by atoms with E-state index < -0.39 is 6.10 Å². The van der Waals surface area contributed by atoms with Crippen molar-refractivity contribution in [3.05, 3.63) is 0 Å². The van der Waals surface area contributed by atoms with Crippen LogP contribution in [-0.2, 0) is 4.84 Å². The van der Waals surface area contributed by atoms with Crippen molar-refractivity contribution in [2.24, 2.45) is 0 Å². The lowest BCUT2D eigenvalue weighted by Crippen LogP contribution is -2.35. The van der Waals surface area contributed by atoms with Crippen molar-refractivity contribution in [2.75, 3.05) is 20.2 Å². The van der Waals surface area contributed by atoms with Crippen LogP contribution < -0.4 is 5.32 Å². The monoisotopic (exact) mass is 146 g/mol. The number of aliphatic hydroxyl groups excluding tert-OH is 1. The first-order valence-corrected chi connectivity index (χ1v) is 3.04. The molecule has 1 saturated heterocycles. The van der Waals surface area contributed by atoms with E-state index in [-0.39, 0.29) is 19.2 Å². The van der Waals surface area contributed by atoms with Crippen molar-refractivity contribution < 1.29 is 14.7 Å². The number of rotatable bonds is 0. The molecule has 1 fully saturated rings. The molecule has 10 heavy (non-hydrogen) atoms. The minimum Gasteiger partial charge on any atom is -0.389 e. The van der Waals surface area contributed by atoms with Gasteiger partial charge in [0.1, 0.15) is 12.7 Å². The molecule has 0 saturated carbocycles. The molecule has 2 N–H and O–H groups in total. The molecule has 0 spiro atoms. The molecule has 0 aromatic heterocycles. The van der Waals surface area contributed by atoms with Crippen LogP contribution in [0.3, 0.4) is 0 Å². The summed E-state index contributed by atoms with van der Waals surface area (Å²) >= 11 is 0. The van der Waals surface area contributed by atoms with E-state index in [4.69, 9.17) is 9.94 Å². The summed E-state index contributed by atoms with van der Waals surface area (Å²) in [6.45, 7) is 0.451. The van der Waals surface area contributed by atoms with Crippen molar-refractivity contribution in [1.29, 1.82) is 0 Å². The van der Waals surface area contributed by atoms with Gasteiger partial charge in [-0.25, -0.2) is 9.86 Å². The zero-order chi connectivity index (χ0) is 7.56. The number of nitrogens with one attached hydrogen (secondary N) is 1. The number of aliphatic hydroxyl groups is 1. The maximum atomic E-state index is 10.7. The third-order valence-electron chi connectivity index (χ3n) is 1.24. The average molecular weight is 146 g/mol. The van der Waals surface area contributed by atoms with E-state index in [0.29, 0.717) is 0 Å². The normalized spacial score (nSPS) is 25.0. The second kappa shape index (κ2) is 2.85. The largest absolute Gasteiger partial charge is 0.389 e. The number of carbonyl (C=O) groups excluding carboxylic acids is 1. The summed E-state index contributed by atoms with van der Waals surface area (Å²) in [6, 6.07) is -0.323. The van der Waals surface area contributed by atoms with E-state index in [1.54, 1.807) is 0 Å². The number of amides is 2. The van der Waals surface area contributed by atoms with Crippen molar-refractivity contribution >= 4 is 6.03 Å². The summed E-state index contributed by atoms with van der Waals surface area (Å²) in [4.78, 5) is 15.5.